The molecule has 2 aromatic rings. The lowest BCUT2D eigenvalue weighted by atomic mass is 10.2. The molecule has 2 aromatic heterocycles. The Labute approximate surface area is 174 Å². The van der Waals surface area contributed by atoms with Crippen molar-refractivity contribution < 1.29 is 4.74 Å². The van der Waals surface area contributed by atoms with Crippen LogP contribution in [-0.2, 0) is 6.42 Å². The summed E-state index contributed by atoms with van der Waals surface area (Å²) in [6.45, 7) is 1.74. The molecule has 2 heterocycles. The standard InChI is InChI=1S/C16H19Cl2N5O.HI/c1-19-16(21-8-6-12-4-5-14(18)23-11-12)22-9-10-24-15-13(17)3-2-7-20-15;/h2-5,7,11H,6,8-10H2,1H3,(H2,19,21,22);1H. The lowest BCUT2D eigenvalue weighted by molar-refractivity contribution is 0.310. The number of guanidine groups is 1. The van der Waals surface area contributed by atoms with Crippen LogP contribution in [0.25, 0.3) is 0 Å². The molecule has 6 nitrogen and oxygen atoms in total. The van der Waals surface area contributed by atoms with Crippen molar-refractivity contribution in [3.8, 4) is 5.88 Å². The van der Waals surface area contributed by atoms with Crippen LogP contribution >= 0.6 is 47.2 Å². The smallest absolute Gasteiger partial charge is 0.232 e. The SMILES string of the molecule is CN=C(NCCOc1ncccc1Cl)NCCc1ccc(Cl)nc1.I. The van der Waals surface area contributed by atoms with Gasteiger partial charge in [-0.1, -0.05) is 29.3 Å². The van der Waals surface area contributed by atoms with E-state index in [-0.39, 0.29) is 24.0 Å². The van der Waals surface area contributed by atoms with Gasteiger partial charge in [0, 0.05) is 26.0 Å². The number of rotatable bonds is 7. The summed E-state index contributed by atoms with van der Waals surface area (Å²) >= 11 is 11.7. The first-order chi connectivity index (χ1) is 11.7. The maximum absolute atomic E-state index is 5.97. The topological polar surface area (TPSA) is 71.4 Å². The average Bonchev–Trinajstić information content (AvgIpc) is 2.60. The average molecular weight is 496 g/mol. The third-order valence-electron chi connectivity index (χ3n) is 3.08. The largest absolute Gasteiger partial charge is 0.475 e. The van der Waals surface area contributed by atoms with Gasteiger partial charge in [-0.2, -0.15) is 0 Å². The van der Waals surface area contributed by atoms with E-state index >= 15 is 0 Å². The summed E-state index contributed by atoms with van der Waals surface area (Å²) in [5, 5.41) is 7.38. The monoisotopic (exact) mass is 495 g/mol. The van der Waals surface area contributed by atoms with E-state index in [4.69, 9.17) is 27.9 Å². The van der Waals surface area contributed by atoms with E-state index in [2.05, 4.69) is 25.6 Å². The zero-order chi connectivity index (χ0) is 17.2. The summed E-state index contributed by atoms with van der Waals surface area (Å²) in [5.41, 5.74) is 1.11. The molecule has 0 atom stereocenters. The van der Waals surface area contributed by atoms with Crippen molar-refractivity contribution in [2.75, 3.05) is 26.7 Å². The number of aliphatic imine (C=N–C) groups is 1. The minimum absolute atomic E-state index is 0. The Balaban J connectivity index is 0.00000312. The van der Waals surface area contributed by atoms with Gasteiger partial charge in [0.25, 0.3) is 0 Å². The fraction of sp³-hybridized carbons (Fsp3) is 0.312. The Bertz CT molecular complexity index is 670. The van der Waals surface area contributed by atoms with Crippen LogP contribution in [0.4, 0.5) is 0 Å². The fourth-order valence-corrected chi connectivity index (χ4v) is 2.18. The maximum atomic E-state index is 5.97. The van der Waals surface area contributed by atoms with Gasteiger partial charge in [0.2, 0.25) is 5.88 Å². The van der Waals surface area contributed by atoms with E-state index in [0.717, 1.165) is 18.5 Å². The highest BCUT2D eigenvalue weighted by Gasteiger charge is 2.02. The Kier molecular flexibility index (Phi) is 10.5. The highest BCUT2D eigenvalue weighted by atomic mass is 127. The van der Waals surface area contributed by atoms with Gasteiger partial charge in [-0.25, -0.2) is 9.97 Å². The van der Waals surface area contributed by atoms with E-state index in [1.165, 1.54) is 0 Å². The second kappa shape index (κ2) is 12.1. The first-order valence-corrected chi connectivity index (χ1v) is 8.23. The molecule has 0 saturated heterocycles. The molecule has 0 fully saturated rings. The van der Waals surface area contributed by atoms with Crippen LogP contribution in [0.3, 0.4) is 0 Å². The van der Waals surface area contributed by atoms with Gasteiger partial charge >= 0.3 is 0 Å². The highest BCUT2D eigenvalue weighted by Crippen LogP contribution is 2.19. The van der Waals surface area contributed by atoms with Gasteiger partial charge in [0.1, 0.15) is 16.8 Å². The van der Waals surface area contributed by atoms with Crippen LogP contribution in [0, 0.1) is 0 Å². The number of nitrogens with zero attached hydrogens (tertiary/aromatic N) is 3. The predicted octanol–water partition coefficient (Wildman–Crippen LogP) is 3.19. The molecule has 9 heteroatoms. The molecule has 0 unspecified atom stereocenters. The van der Waals surface area contributed by atoms with Gasteiger partial charge in [0.15, 0.2) is 5.96 Å². The third kappa shape index (κ3) is 8.06. The molecule has 0 aliphatic rings. The van der Waals surface area contributed by atoms with Gasteiger partial charge in [0.05, 0.1) is 6.54 Å². The van der Waals surface area contributed by atoms with Crippen molar-refractivity contribution in [3.63, 3.8) is 0 Å². The van der Waals surface area contributed by atoms with E-state index in [9.17, 15) is 0 Å². The first-order valence-electron chi connectivity index (χ1n) is 7.47. The van der Waals surface area contributed by atoms with E-state index in [0.29, 0.717) is 35.2 Å². The summed E-state index contributed by atoms with van der Waals surface area (Å²) in [6, 6.07) is 7.24. The van der Waals surface area contributed by atoms with Crippen LogP contribution in [0.2, 0.25) is 10.2 Å². The number of halogens is 3. The van der Waals surface area contributed by atoms with Crippen LogP contribution in [-0.4, -0.2) is 42.7 Å². The van der Waals surface area contributed by atoms with Crippen LogP contribution in [0.5, 0.6) is 5.88 Å². The molecule has 0 aliphatic heterocycles. The Morgan fingerprint density at radius 2 is 1.96 bits per heavy atom. The predicted molar refractivity (Wildman–Crippen MR) is 112 cm³/mol. The Morgan fingerprint density at radius 1 is 1.16 bits per heavy atom. The normalized spacial score (nSPS) is 10.8. The van der Waals surface area contributed by atoms with Gasteiger partial charge in [-0.05, 0) is 30.2 Å². The summed E-state index contributed by atoms with van der Waals surface area (Å²) in [6.07, 6.45) is 4.23. The molecule has 2 rings (SSSR count). The Morgan fingerprint density at radius 3 is 2.64 bits per heavy atom. The highest BCUT2D eigenvalue weighted by molar-refractivity contribution is 14.0. The van der Waals surface area contributed by atoms with Crippen molar-refractivity contribution in [1.82, 2.24) is 20.6 Å². The maximum Gasteiger partial charge on any atom is 0.232 e. The molecule has 2 N–H and O–H groups in total. The van der Waals surface area contributed by atoms with Crippen molar-refractivity contribution >= 4 is 53.1 Å². The van der Waals surface area contributed by atoms with E-state index in [1.54, 1.807) is 37.6 Å². The molecule has 0 aromatic carbocycles. The molecule has 0 saturated carbocycles. The Hall–Kier alpha value is -1.32. The van der Waals surface area contributed by atoms with Gasteiger partial charge < -0.3 is 15.4 Å². The van der Waals surface area contributed by atoms with E-state index in [1.807, 2.05) is 6.07 Å². The zero-order valence-corrected chi connectivity index (χ0v) is 17.5. The summed E-state index contributed by atoms with van der Waals surface area (Å²) < 4.78 is 5.51. The molecule has 0 aliphatic carbocycles. The van der Waals surface area contributed by atoms with Crippen molar-refractivity contribution in [2.45, 2.75) is 6.42 Å². The lowest BCUT2D eigenvalue weighted by Gasteiger charge is -2.12. The number of ether oxygens (including phenoxy) is 1. The van der Waals surface area contributed by atoms with Gasteiger partial charge in [-0.15, -0.1) is 24.0 Å². The minimum atomic E-state index is 0. The lowest BCUT2D eigenvalue weighted by Crippen LogP contribution is -2.40. The third-order valence-corrected chi connectivity index (χ3v) is 3.59. The second-order valence-corrected chi connectivity index (χ2v) is 5.60. The molecular weight excluding hydrogens is 476 g/mol. The molecule has 0 bridgehead atoms. The number of nitrogens with one attached hydrogen (secondary N) is 2. The molecule has 0 spiro atoms. The van der Waals surface area contributed by atoms with E-state index < -0.39 is 0 Å². The first kappa shape index (κ1) is 21.7. The number of hydrogen-bond donors (Lipinski definition) is 2. The molecule has 136 valence electrons. The zero-order valence-electron chi connectivity index (χ0n) is 13.7. The molecule has 0 amide bonds. The number of aromatic nitrogens is 2. The van der Waals surface area contributed by atoms with Crippen molar-refractivity contribution in [2.24, 2.45) is 4.99 Å². The summed E-state index contributed by atoms with van der Waals surface area (Å²) in [7, 11) is 1.72. The second-order valence-electron chi connectivity index (χ2n) is 4.80. The minimum Gasteiger partial charge on any atom is -0.475 e. The molecule has 0 radical (unpaired) electrons. The quantitative estimate of drug-likeness (QED) is 0.203. The van der Waals surface area contributed by atoms with Crippen molar-refractivity contribution in [3.05, 3.63) is 52.4 Å². The summed E-state index contributed by atoms with van der Waals surface area (Å²) in [4.78, 5) is 12.3. The number of hydrogen-bond acceptors (Lipinski definition) is 4. The fourth-order valence-electron chi connectivity index (χ4n) is 1.89. The van der Waals surface area contributed by atoms with Crippen molar-refractivity contribution in [1.29, 1.82) is 0 Å². The molecule has 25 heavy (non-hydrogen) atoms. The van der Waals surface area contributed by atoms with Crippen LogP contribution < -0.4 is 15.4 Å². The van der Waals surface area contributed by atoms with Gasteiger partial charge in [-0.3, -0.25) is 4.99 Å². The number of pyridine rings is 2. The summed E-state index contributed by atoms with van der Waals surface area (Å²) in [5.74, 6) is 1.13. The van der Waals surface area contributed by atoms with Crippen LogP contribution in [0.15, 0.2) is 41.7 Å². The molecular formula is C16H20Cl2IN5O. The van der Waals surface area contributed by atoms with Crippen LogP contribution in [0.1, 0.15) is 5.56 Å².